The first-order valence-corrected chi connectivity index (χ1v) is 5.37. The summed E-state index contributed by atoms with van der Waals surface area (Å²) in [5.74, 6) is 2.47. The van der Waals surface area contributed by atoms with E-state index < -0.39 is 0 Å². The monoisotopic (exact) mass is 180 g/mol. The zero-order valence-corrected chi connectivity index (χ0v) is 7.01. The Bertz CT molecular complexity index is 70.0. The lowest BCUT2D eigenvalue weighted by atomic mass is 10.4. The Morgan fingerprint density at radius 3 is 2.10 bits per heavy atom. The summed E-state index contributed by atoms with van der Waals surface area (Å²) in [6, 6.07) is 0. The van der Waals surface area contributed by atoms with E-state index in [2.05, 4.69) is 0 Å². The Morgan fingerprint density at radius 1 is 1.20 bits per heavy atom. The molecule has 1 fully saturated rings. The highest BCUT2D eigenvalue weighted by molar-refractivity contribution is 8.17. The van der Waals surface area contributed by atoms with E-state index in [-0.39, 0.29) is 7.43 Å². The molecule has 1 N–H and O–H groups in total. The molecule has 0 spiro atoms. The summed E-state index contributed by atoms with van der Waals surface area (Å²) in [4.78, 5) is 0. The van der Waals surface area contributed by atoms with Crippen molar-refractivity contribution < 1.29 is 5.11 Å². The van der Waals surface area contributed by atoms with E-state index in [0.717, 1.165) is 0 Å². The van der Waals surface area contributed by atoms with Crippen LogP contribution in [0.25, 0.3) is 0 Å². The highest BCUT2D eigenvalue weighted by Gasteiger charge is 2.10. The van der Waals surface area contributed by atoms with Crippen molar-refractivity contribution in [3.63, 3.8) is 0 Å². The number of aliphatic hydroxyl groups excluding tert-OH is 1. The Balaban J connectivity index is 0.000000810. The van der Waals surface area contributed by atoms with E-state index in [0.29, 0.717) is 11.2 Å². The highest BCUT2D eigenvalue weighted by Crippen LogP contribution is 2.28. The van der Waals surface area contributed by atoms with Gasteiger partial charge in [-0.05, 0) is 24.3 Å². The van der Waals surface area contributed by atoms with E-state index in [4.69, 9.17) is 5.11 Å². The fourth-order valence-electron chi connectivity index (χ4n) is 0.787. The predicted molar refractivity (Wildman–Crippen MR) is 51.8 cm³/mol. The Hall–Kier alpha value is 0.660. The molecule has 0 aromatic rings. The van der Waals surface area contributed by atoms with Crippen LogP contribution in [-0.4, -0.2) is 27.8 Å². The first-order chi connectivity index (χ1) is 4.43. The first kappa shape index (κ1) is 10.7. The summed E-state index contributed by atoms with van der Waals surface area (Å²) in [5, 5.41) is 8.77. The van der Waals surface area contributed by atoms with Crippen molar-refractivity contribution >= 4 is 23.5 Å². The van der Waals surface area contributed by atoms with Gasteiger partial charge in [-0.3, -0.25) is 0 Å². The SMILES string of the molecule is C.OCC1SCCCCS1. The van der Waals surface area contributed by atoms with Gasteiger partial charge in [0.25, 0.3) is 0 Å². The van der Waals surface area contributed by atoms with Crippen molar-refractivity contribution in [3.8, 4) is 0 Å². The molecule has 1 aliphatic rings. The summed E-state index contributed by atoms with van der Waals surface area (Å²) >= 11 is 3.79. The summed E-state index contributed by atoms with van der Waals surface area (Å²) < 4.78 is 0.465. The minimum absolute atomic E-state index is 0. The minimum Gasteiger partial charge on any atom is -0.394 e. The van der Waals surface area contributed by atoms with Crippen molar-refractivity contribution in [2.24, 2.45) is 0 Å². The Morgan fingerprint density at radius 2 is 1.70 bits per heavy atom. The lowest BCUT2D eigenvalue weighted by molar-refractivity contribution is 0.316. The quantitative estimate of drug-likeness (QED) is 0.668. The van der Waals surface area contributed by atoms with Crippen molar-refractivity contribution in [2.75, 3.05) is 18.1 Å². The molecular weight excluding hydrogens is 164 g/mol. The molecule has 0 aromatic heterocycles. The maximum absolute atomic E-state index is 8.77. The third-order valence-electron chi connectivity index (χ3n) is 1.30. The van der Waals surface area contributed by atoms with Gasteiger partial charge in [-0.25, -0.2) is 0 Å². The zero-order valence-electron chi connectivity index (χ0n) is 5.38. The number of thioether (sulfide) groups is 2. The molecule has 10 heavy (non-hydrogen) atoms. The van der Waals surface area contributed by atoms with Crippen molar-refractivity contribution in [3.05, 3.63) is 0 Å². The molecule has 0 radical (unpaired) electrons. The molecule has 0 atom stereocenters. The predicted octanol–water partition coefficient (Wildman–Crippen LogP) is 2.20. The van der Waals surface area contributed by atoms with Crippen LogP contribution in [0.2, 0.25) is 0 Å². The first-order valence-electron chi connectivity index (χ1n) is 3.27. The molecule has 1 rings (SSSR count). The summed E-state index contributed by atoms with van der Waals surface area (Å²) in [7, 11) is 0. The normalized spacial score (nSPS) is 21.3. The van der Waals surface area contributed by atoms with Crippen LogP contribution in [0.5, 0.6) is 0 Å². The second-order valence-electron chi connectivity index (χ2n) is 2.06. The van der Waals surface area contributed by atoms with Gasteiger partial charge in [-0.1, -0.05) is 7.43 Å². The molecule has 0 amide bonds. The number of aliphatic hydroxyl groups is 1. The number of hydrogen-bond acceptors (Lipinski definition) is 3. The van der Waals surface area contributed by atoms with E-state index in [1.165, 1.54) is 24.3 Å². The third-order valence-corrected chi connectivity index (χ3v) is 4.20. The maximum atomic E-state index is 8.77. The van der Waals surface area contributed by atoms with Crippen LogP contribution < -0.4 is 0 Å². The van der Waals surface area contributed by atoms with E-state index in [9.17, 15) is 0 Å². The van der Waals surface area contributed by atoms with Gasteiger partial charge in [0.15, 0.2) is 0 Å². The molecule has 3 heteroatoms. The van der Waals surface area contributed by atoms with Crippen LogP contribution >= 0.6 is 23.5 Å². The second kappa shape index (κ2) is 6.38. The molecule has 62 valence electrons. The van der Waals surface area contributed by atoms with Gasteiger partial charge in [-0.15, -0.1) is 23.5 Å². The van der Waals surface area contributed by atoms with E-state index >= 15 is 0 Å². The zero-order chi connectivity index (χ0) is 6.53. The number of rotatable bonds is 1. The minimum atomic E-state index is 0. The van der Waals surface area contributed by atoms with Crippen molar-refractivity contribution in [1.29, 1.82) is 0 Å². The average Bonchev–Trinajstić information content (AvgIpc) is 2.13. The molecule has 1 nitrogen and oxygen atoms in total. The lowest BCUT2D eigenvalue weighted by Gasteiger charge is -2.07. The van der Waals surface area contributed by atoms with Gasteiger partial charge in [0.2, 0.25) is 0 Å². The van der Waals surface area contributed by atoms with Crippen LogP contribution in [0.15, 0.2) is 0 Å². The van der Waals surface area contributed by atoms with Gasteiger partial charge in [0.1, 0.15) is 0 Å². The van der Waals surface area contributed by atoms with Crippen LogP contribution in [0.3, 0.4) is 0 Å². The van der Waals surface area contributed by atoms with E-state index in [1.54, 1.807) is 0 Å². The largest absolute Gasteiger partial charge is 0.394 e. The summed E-state index contributed by atoms with van der Waals surface area (Å²) in [5.41, 5.74) is 0. The molecule has 1 heterocycles. The average molecular weight is 180 g/mol. The lowest BCUT2D eigenvalue weighted by Crippen LogP contribution is -2.02. The van der Waals surface area contributed by atoms with Crippen LogP contribution in [0.4, 0.5) is 0 Å². The summed E-state index contributed by atoms with van der Waals surface area (Å²) in [6.07, 6.45) is 2.66. The molecule has 0 aromatic carbocycles. The molecule has 1 aliphatic heterocycles. The van der Waals surface area contributed by atoms with Crippen LogP contribution in [0.1, 0.15) is 20.3 Å². The standard InChI is InChI=1S/C6H12OS2.CH4/c7-5-6-8-3-1-2-4-9-6;/h6-7H,1-5H2;1H4. The Labute approximate surface area is 72.0 Å². The van der Waals surface area contributed by atoms with Gasteiger partial charge in [0, 0.05) is 0 Å². The molecule has 0 saturated carbocycles. The summed E-state index contributed by atoms with van der Waals surface area (Å²) in [6.45, 7) is 0.343. The van der Waals surface area contributed by atoms with Gasteiger partial charge < -0.3 is 5.11 Å². The van der Waals surface area contributed by atoms with Gasteiger partial charge >= 0.3 is 0 Å². The Kier molecular flexibility index (Phi) is 6.80. The molecular formula is C7H16OS2. The van der Waals surface area contributed by atoms with E-state index in [1.807, 2.05) is 23.5 Å². The second-order valence-corrected chi connectivity index (χ2v) is 4.98. The van der Waals surface area contributed by atoms with Crippen LogP contribution in [-0.2, 0) is 0 Å². The van der Waals surface area contributed by atoms with Crippen molar-refractivity contribution in [1.82, 2.24) is 0 Å². The molecule has 0 bridgehead atoms. The van der Waals surface area contributed by atoms with Crippen LogP contribution in [0, 0.1) is 0 Å². The van der Waals surface area contributed by atoms with Crippen molar-refractivity contribution in [2.45, 2.75) is 24.9 Å². The highest BCUT2D eigenvalue weighted by atomic mass is 32.2. The molecule has 0 aliphatic carbocycles. The molecule has 0 unspecified atom stereocenters. The third kappa shape index (κ3) is 3.74. The fraction of sp³-hybridized carbons (Fsp3) is 1.00. The maximum Gasteiger partial charge on any atom is 0.0733 e. The number of hydrogen-bond donors (Lipinski definition) is 1. The van der Waals surface area contributed by atoms with Gasteiger partial charge in [-0.2, -0.15) is 0 Å². The topological polar surface area (TPSA) is 20.2 Å². The molecule has 1 saturated heterocycles. The fourth-order valence-corrected chi connectivity index (χ4v) is 3.23. The van der Waals surface area contributed by atoms with Gasteiger partial charge in [0.05, 0.1) is 11.2 Å². The smallest absolute Gasteiger partial charge is 0.0733 e.